The van der Waals surface area contributed by atoms with Crippen molar-refractivity contribution in [2.24, 2.45) is 5.92 Å². The molecular formula is C12H19NO. The van der Waals surface area contributed by atoms with Crippen LogP contribution in [0.3, 0.4) is 0 Å². The molecule has 0 unspecified atom stereocenters. The van der Waals surface area contributed by atoms with Crippen LogP contribution in [0.1, 0.15) is 36.3 Å². The minimum Gasteiger partial charge on any atom is -0.466 e. The molecule has 1 N–H and O–H groups in total. The first kappa shape index (κ1) is 9.78. The van der Waals surface area contributed by atoms with Crippen molar-refractivity contribution in [3.63, 3.8) is 0 Å². The molecule has 2 heteroatoms. The van der Waals surface area contributed by atoms with Crippen molar-refractivity contribution in [2.45, 2.75) is 39.7 Å². The van der Waals surface area contributed by atoms with E-state index in [1.807, 2.05) is 13.8 Å². The standard InChI is InChI=1S/C12H19NO/c1-9-7-12(10(2)14-9)8-13-6-5-11-3-4-11/h7,11,13H,3-6,8H2,1-2H3. The van der Waals surface area contributed by atoms with E-state index in [-0.39, 0.29) is 0 Å². The Morgan fingerprint density at radius 3 is 2.79 bits per heavy atom. The van der Waals surface area contributed by atoms with Crippen molar-refractivity contribution in [2.75, 3.05) is 6.54 Å². The first-order valence-electron chi connectivity index (χ1n) is 5.52. The Bertz CT molecular complexity index is 299. The van der Waals surface area contributed by atoms with Crippen LogP contribution in [0.5, 0.6) is 0 Å². The van der Waals surface area contributed by atoms with E-state index >= 15 is 0 Å². The molecule has 1 heterocycles. The highest BCUT2D eigenvalue weighted by Crippen LogP contribution is 2.31. The highest BCUT2D eigenvalue weighted by molar-refractivity contribution is 5.19. The molecule has 0 aliphatic heterocycles. The number of nitrogens with one attached hydrogen (secondary N) is 1. The SMILES string of the molecule is Cc1cc(CNCCC2CC2)c(C)o1. The van der Waals surface area contributed by atoms with Gasteiger partial charge in [0.15, 0.2) is 0 Å². The molecule has 0 atom stereocenters. The first-order valence-corrected chi connectivity index (χ1v) is 5.52. The molecule has 0 amide bonds. The maximum atomic E-state index is 5.46. The van der Waals surface area contributed by atoms with Gasteiger partial charge in [0.1, 0.15) is 11.5 Å². The molecule has 1 aliphatic carbocycles. The summed E-state index contributed by atoms with van der Waals surface area (Å²) in [4.78, 5) is 0. The van der Waals surface area contributed by atoms with Crippen molar-refractivity contribution < 1.29 is 4.42 Å². The van der Waals surface area contributed by atoms with Gasteiger partial charge in [-0.05, 0) is 38.8 Å². The fraction of sp³-hybridized carbons (Fsp3) is 0.667. The van der Waals surface area contributed by atoms with Gasteiger partial charge in [-0.25, -0.2) is 0 Å². The summed E-state index contributed by atoms with van der Waals surface area (Å²) in [6.07, 6.45) is 4.24. The van der Waals surface area contributed by atoms with E-state index < -0.39 is 0 Å². The molecule has 78 valence electrons. The van der Waals surface area contributed by atoms with Gasteiger partial charge < -0.3 is 9.73 Å². The van der Waals surface area contributed by atoms with Crippen LogP contribution < -0.4 is 5.32 Å². The number of hydrogen-bond donors (Lipinski definition) is 1. The highest BCUT2D eigenvalue weighted by Gasteiger charge is 2.19. The third kappa shape index (κ3) is 2.61. The third-order valence-corrected chi connectivity index (χ3v) is 2.89. The largest absolute Gasteiger partial charge is 0.466 e. The summed E-state index contributed by atoms with van der Waals surface area (Å²) in [6.45, 7) is 6.13. The van der Waals surface area contributed by atoms with Gasteiger partial charge in [0.25, 0.3) is 0 Å². The molecule has 1 aromatic heterocycles. The summed E-state index contributed by atoms with van der Waals surface area (Å²) >= 11 is 0. The van der Waals surface area contributed by atoms with Crippen LogP contribution in [0.25, 0.3) is 0 Å². The molecule has 14 heavy (non-hydrogen) atoms. The fourth-order valence-corrected chi connectivity index (χ4v) is 1.79. The van der Waals surface area contributed by atoms with Crippen molar-refractivity contribution in [3.05, 3.63) is 23.2 Å². The second-order valence-corrected chi connectivity index (χ2v) is 4.35. The van der Waals surface area contributed by atoms with E-state index in [2.05, 4.69) is 11.4 Å². The molecule has 1 fully saturated rings. The Kier molecular flexibility index (Phi) is 2.92. The summed E-state index contributed by atoms with van der Waals surface area (Å²) in [5, 5.41) is 3.47. The summed E-state index contributed by atoms with van der Waals surface area (Å²) in [5.74, 6) is 3.09. The molecule has 2 rings (SSSR count). The van der Waals surface area contributed by atoms with Crippen LogP contribution in [0, 0.1) is 19.8 Å². The van der Waals surface area contributed by atoms with E-state index in [0.717, 1.165) is 30.5 Å². The van der Waals surface area contributed by atoms with Crippen LogP contribution in [-0.4, -0.2) is 6.54 Å². The van der Waals surface area contributed by atoms with E-state index in [9.17, 15) is 0 Å². The molecule has 0 radical (unpaired) electrons. The fourth-order valence-electron chi connectivity index (χ4n) is 1.79. The maximum absolute atomic E-state index is 5.46. The van der Waals surface area contributed by atoms with Crippen molar-refractivity contribution in [3.8, 4) is 0 Å². The van der Waals surface area contributed by atoms with Crippen molar-refractivity contribution >= 4 is 0 Å². The third-order valence-electron chi connectivity index (χ3n) is 2.89. The van der Waals surface area contributed by atoms with Gasteiger partial charge in [-0.1, -0.05) is 12.8 Å². The molecule has 0 saturated heterocycles. The summed E-state index contributed by atoms with van der Waals surface area (Å²) in [7, 11) is 0. The molecule has 1 aromatic rings. The van der Waals surface area contributed by atoms with Crippen LogP contribution in [-0.2, 0) is 6.54 Å². The lowest BCUT2D eigenvalue weighted by Crippen LogP contribution is -2.15. The van der Waals surface area contributed by atoms with Crippen LogP contribution in [0.4, 0.5) is 0 Å². The zero-order valence-electron chi connectivity index (χ0n) is 9.10. The Morgan fingerprint density at radius 2 is 2.21 bits per heavy atom. The van der Waals surface area contributed by atoms with Crippen molar-refractivity contribution in [1.29, 1.82) is 0 Å². The Morgan fingerprint density at radius 1 is 1.43 bits per heavy atom. The van der Waals surface area contributed by atoms with E-state index in [1.165, 1.54) is 24.8 Å². The second-order valence-electron chi connectivity index (χ2n) is 4.35. The molecular weight excluding hydrogens is 174 g/mol. The van der Waals surface area contributed by atoms with Gasteiger partial charge in [-0.15, -0.1) is 0 Å². The quantitative estimate of drug-likeness (QED) is 0.727. The zero-order chi connectivity index (χ0) is 9.97. The zero-order valence-corrected chi connectivity index (χ0v) is 9.10. The predicted molar refractivity (Wildman–Crippen MR) is 57.2 cm³/mol. The van der Waals surface area contributed by atoms with Gasteiger partial charge >= 0.3 is 0 Å². The normalized spacial score (nSPS) is 16.1. The van der Waals surface area contributed by atoms with E-state index in [0.29, 0.717) is 0 Å². The number of aryl methyl sites for hydroxylation is 2. The summed E-state index contributed by atoms with van der Waals surface area (Å²) in [6, 6.07) is 2.12. The number of furan rings is 1. The Balaban J connectivity index is 1.70. The number of rotatable bonds is 5. The lowest BCUT2D eigenvalue weighted by Gasteiger charge is -2.02. The number of hydrogen-bond acceptors (Lipinski definition) is 2. The first-order chi connectivity index (χ1) is 6.75. The van der Waals surface area contributed by atoms with Gasteiger partial charge in [0.2, 0.25) is 0 Å². The molecule has 2 nitrogen and oxygen atoms in total. The molecule has 1 aliphatic rings. The molecule has 0 spiro atoms. The minimum absolute atomic E-state index is 0.954. The van der Waals surface area contributed by atoms with Gasteiger partial charge in [-0.3, -0.25) is 0 Å². The van der Waals surface area contributed by atoms with Gasteiger partial charge in [0.05, 0.1) is 0 Å². The monoisotopic (exact) mass is 193 g/mol. The van der Waals surface area contributed by atoms with Gasteiger partial charge in [-0.2, -0.15) is 0 Å². The van der Waals surface area contributed by atoms with Crippen LogP contribution in [0.15, 0.2) is 10.5 Å². The Hall–Kier alpha value is -0.760. The van der Waals surface area contributed by atoms with Gasteiger partial charge in [0, 0.05) is 12.1 Å². The van der Waals surface area contributed by atoms with Crippen LogP contribution >= 0.6 is 0 Å². The van der Waals surface area contributed by atoms with E-state index in [4.69, 9.17) is 4.42 Å². The molecule has 0 aromatic carbocycles. The molecule has 1 saturated carbocycles. The van der Waals surface area contributed by atoms with Crippen molar-refractivity contribution in [1.82, 2.24) is 5.32 Å². The predicted octanol–water partition coefficient (Wildman–Crippen LogP) is 2.79. The smallest absolute Gasteiger partial charge is 0.105 e. The second kappa shape index (κ2) is 4.18. The summed E-state index contributed by atoms with van der Waals surface area (Å²) in [5.41, 5.74) is 1.30. The molecule has 0 bridgehead atoms. The van der Waals surface area contributed by atoms with Crippen LogP contribution in [0.2, 0.25) is 0 Å². The topological polar surface area (TPSA) is 25.2 Å². The van der Waals surface area contributed by atoms with E-state index in [1.54, 1.807) is 0 Å². The average Bonchev–Trinajstić information content (AvgIpc) is 2.88. The Labute approximate surface area is 85.7 Å². The summed E-state index contributed by atoms with van der Waals surface area (Å²) < 4.78 is 5.46. The highest BCUT2D eigenvalue weighted by atomic mass is 16.3. The lowest BCUT2D eigenvalue weighted by molar-refractivity contribution is 0.498. The average molecular weight is 193 g/mol. The maximum Gasteiger partial charge on any atom is 0.105 e. The lowest BCUT2D eigenvalue weighted by atomic mass is 10.2. The minimum atomic E-state index is 0.954.